The van der Waals surface area contributed by atoms with E-state index >= 15 is 0 Å². The van der Waals surface area contributed by atoms with E-state index in [1.807, 2.05) is 19.2 Å². The average molecular weight is 523 g/mol. The van der Waals surface area contributed by atoms with Crippen molar-refractivity contribution < 1.29 is 23.4 Å². The SMILES string of the molecule is COc1cc(-c2c(C#N)c(SCC(=O)Nc3ccccc3F)nc3c2CN(C)CC3)cc(OC)c1OC. The Bertz CT molecular complexity index is 1350. The Morgan fingerprint density at radius 1 is 1.19 bits per heavy atom. The van der Waals surface area contributed by atoms with Crippen LogP contribution in [0.1, 0.15) is 16.8 Å². The molecular formula is C27H27FN4O4S. The minimum atomic E-state index is -0.515. The Morgan fingerprint density at radius 3 is 2.51 bits per heavy atom. The maximum Gasteiger partial charge on any atom is 0.234 e. The van der Waals surface area contributed by atoms with Gasteiger partial charge in [-0.25, -0.2) is 9.37 Å². The molecule has 0 unspecified atom stereocenters. The van der Waals surface area contributed by atoms with Crippen LogP contribution in [0.2, 0.25) is 0 Å². The van der Waals surface area contributed by atoms with Crippen LogP contribution in [0.3, 0.4) is 0 Å². The van der Waals surface area contributed by atoms with Crippen LogP contribution < -0.4 is 19.5 Å². The first-order valence-electron chi connectivity index (χ1n) is 11.5. The molecule has 1 aliphatic heterocycles. The number of ether oxygens (including phenoxy) is 3. The summed E-state index contributed by atoms with van der Waals surface area (Å²) < 4.78 is 30.5. The maximum absolute atomic E-state index is 14.0. The lowest BCUT2D eigenvalue weighted by Gasteiger charge is -2.28. The van der Waals surface area contributed by atoms with Gasteiger partial charge in [0.15, 0.2) is 11.5 Å². The van der Waals surface area contributed by atoms with Crippen molar-refractivity contribution in [2.45, 2.75) is 18.0 Å². The van der Waals surface area contributed by atoms with Gasteiger partial charge in [-0.15, -0.1) is 0 Å². The van der Waals surface area contributed by atoms with Gasteiger partial charge in [-0.05, 0) is 42.4 Å². The predicted octanol–water partition coefficient (Wildman–Crippen LogP) is 4.50. The lowest BCUT2D eigenvalue weighted by atomic mass is 9.91. The summed E-state index contributed by atoms with van der Waals surface area (Å²) in [7, 11) is 6.63. The van der Waals surface area contributed by atoms with Crippen molar-refractivity contribution in [1.82, 2.24) is 9.88 Å². The number of hydrogen-bond acceptors (Lipinski definition) is 8. The van der Waals surface area contributed by atoms with Crippen LogP contribution in [-0.4, -0.2) is 56.5 Å². The number of likely N-dealkylation sites (N-methyl/N-ethyl adjacent to an activating group) is 1. The number of benzene rings is 2. The van der Waals surface area contributed by atoms with Gasteiger partial charge in [-0.3, -0.25) is 4.79 Å². The summed E-state index contributed by atoms with van der Waals surface area (Å²) in [6, 6.07) is 11.9. The number of nitrogens with one attached hydrogen (secondary N) is 1. The van der Waals surface area contributed by atoms with Gasteiger partial charge in [0, 0.05) is 30.8 Å². The number of pyridine rings is 1. The van der Waals surface area contributed by atoms with Crippen LogP contribution >= 0.6 is 11.8 Å². The summed E-state index contributed by atoms with van der Waals surface area (Å²) in [4.78, 5) is 19.6. The lowest BCUT2D eigenvalue weighted by Crippen LogP contribution is -2.28. The van der Waals surface area contributed by atoms with E-state index in [0.29, 0.717) is 40.8 Å². The number of halogens is 1. The zero-order valence-corrected chi connectivity index (χ0v) is 21.9. The number of methoxy groups -OCH3 is 3. The lowest BCUT2D eigenvalue weighted by molar-refractivity contribution is -0.113. The first kappa shape index (κ1) is 26.3. The maximum atomic E-state index is 14.0. The van der Waals surface area contributed by atoms with E-state index in [0.717, 1.165) is 40.7 Å². The van der Waals surface area contributed by atoms with Gasteiger partial charge in [0.2, 0.25) is 11.7 Å². The summed E-state index contributed by atoms with van der Waals surface area (Å²) >= 11 is 1.15. The quantitative estimate of drug-likeness (QED) is 0.432. The number of para-hydroxylation sites is 1. The molecule has 37 heavy (non-hydrogen) atoms. The number of carbonyl (C=O) groups excluding carboxylic acids is 1. The fraction of sp³-hybridized carbons (Fsp3) is 0.296. The van der Waals surface area contributed by atoms with Crippen LogP contribution in [-0.2, 0) is 17.8 Å². The zero-order chi connectivity index (χ0) is 26.5. The average Bonchev–Trinajstić information content (AvgIpc) is 2.91. The van der Waals surface area contributed by atoms with E-state index in [1.54, 1.807) is 12.1 Å². The van der Waals surface area contributed by atoms with E-state index in [9.17, 15) is 14.4 Å². The molecule has 1 N–H and O–H groups in total. The number of rotatable bonds is 8. The number of anilines is 1. The molecule has 0 radical (unpaired) electrons. The summed E-state index contributed by atoms with van der Waals surface area (Å²) in [5.74, 6) is 0.435. The van der Waals surface area contributed by atoms with E-state index in [-0.39, 0.29) is 11.4 Å². The number of nitriles is 1. The van der Waals surface area contributed by atoms with Crippen LogP contribution in [0.15, 0.2) is 41.4 Å². The molecule has 0 fully saturated rings. The van der Waals surface area contributed by atoms with Gasteiger partial charge in [0.05, 0.1) is 38.3 Å². The highest BCUT2D eigenvalue weighted by Gasteiger charge is 2.27. The molecule has 0 saturated carbocycles. The second-order valence-electron chi connectivity index (χ2n) is 8.42. The fourth-order valence-corrected chi connectivity index (χ4v) is 5.11. The normalized spacial score (nSPS) is 12.9. The van der Waals surface area contributed by atoms with E-state index < -0.39 is 11.7 Å². The number of aromatic nitrogens is 1. The molecule has 2 heterocycles. The van der Waals surface area contributed by atoms with E-state index in [1.165, 1.54) is 33.5 Å². The monoisotopic (exact) mass is 522 g/mol. The number of fused-ring (bicyclic) bond motifs is 1. The first-order valence-corrected chi connectivity index (χ1v) is 12.5. The molecule has 1 amide bonds. The fourth-order valence-electron chi connectivity index (χ4n) is 4.31. The Labute approximate surface area is 219 Å². The molecule has 0 aliphatic carbocycles. The number of thioether (sulfide) groups is 1. The zero-order valence-electron chi connectivity index (χ0n) is 21.1. The standard InChI is InChI=1S/C27H27FN4O4S/c1-32-10-9-20-18(14-32)25(16-11-22(34-2)26(36-4)23(12-16)35-3)17(13-29)27(31-20)37-15-24(33)30-21-8-6-5-7-19(21)28/h5-8,11-12H,9-10,14-15H2,1-4H3,(H,30,33). The molecule has 10 heteroatoms. The summed E-state index contributed by atoms with van der Waals surface area (Å²) in [5, 5.41) is 13.3. The first-order chi connectivity index (χ1) is 17.9. The third kappa shape index (κ3) is 5.48. The Balaban J connectivity index is 1.77. The molecule has 0 bridgehead atoms. The van der Waals surface area contributed by atoms with Crippen molar-refractivity contribution in [3.8, 4) is 34.4 Å². The summed E-state index contributed by atoms with van der Waals surface area (Å²) in [5.41, 5.74) is 3.71. The smallest absolute Gasteiger partial charge is 0.234 e. The van der Waals surface area contributed by atoms with Crippen molar-refractivity contribution >= 4 is 23.4 Å². The van der Waals surface area contributed by atoms with Gasteiger partial charge in [0.25, 0.3) is 0 Å². The van der Waals surface area contributed by atoms with Crippen molar-refractivity contribution in [3.05, 3.63) is 59.0 Å². The third-order valence-electron chi connectivity index (χ3n) is 6.06. The minimum absolute atomic E-state index is 0.0383. The molecule has 3 aromatic rings. The second kappa shape index (κ2) is 11.5. The highest BCUT2D eigenvalue weighted by molar-refractivity contribution is 8.00. The molecule has 1 aromatic heterocycles. The van der Waals surface area contributed by atoms with E-state index in [4.69, 9.17) is 19.2 Å². The second-order valence-corrected chi connectivity index (χ2v) is 9.39. The topological polar surface area (TPSA) is 96.7 Å². The molecule has 1 aliphatic rings. The number of hydrogen-bond donors (Lipinski definition) is 1. The van der Waals surface area contributed by atoms with Crippen LogP contribution in [0.4, 0.5) is 10.1 Å². The molecule has 0 saturated heterocycles. The van der Waals surface area contributed by atoms with Gasteiger partial charge in [0.1, 0.15) is 16.9 Å². The van der Waals surface area contributed by atoms with Gasteiger partial charge < -0.3 is 24.4 Å². The van der Waals surface area contributed by atoms with E-state index in [2.05, 4.69) is 16.3 Å². The van der Waals surface area contributed by atoms with Crippen molar-refractivity contribution in [3.63, 3.8) is 0 Å². The van der Waals surface area contributed by atoms with Crippen molar-refractivity contribution in [2.24, 2.45) is 0 Å². The van der Waals surface area contributed by atoms with Crippen molar-refractivity contribution in [2.75, 3.05) is 46.0 Å². The molecule has 0 spiro atoms. The van der Waals surface area contributed by atoms with Crippen LogP contribution in [0.25, 0.3) is 11.1 Å². The largest absolute Gasteiger partial charge is 0.493 e. The Morgan fingerprint density at radius 2 is 1.89 bits per heavy atom. The number of amides is 1. The molecule has 0 atom stereocenters. The number of nitrogens with zero attached hydrogens (tertiary/aromatic N) is 3. The highest BCUT2D eigenvalue weighted by atomic mass is 32.2. The van der Waals surface area contributed by atoms with Gasteiger partial charge >= 0.3 is 0 Å². The Hall–Kier alpha value is -3.81. The van der Waals surface area contributed by atoms with Crippen LogP contribution in [0.5, 0.6) is 17.2 Å². The van der Waals surface area contributed by atoms with Crippen molar-refractivity contribution in [1.29, 1.82) is 5.26 Å². The predicted molar refractivity (Wildman–Crippen MR) is 140 cm³/mol. The minimum Gasteiger partial charge on any atom is -0.493 e. The van der Waals surface area contributed by atoms with Gasteiger partial charge in [-0.2, -0.15) is 5.26 Å². The summed E-state index contributed by atoms with van der Waals surface area (Å²) in [6.45, 7) is 1.43. The molecule has 2 aromatic carbocycles. The molecular weight excluding hydrogens is 495 g/mol. The molecule has 192 valence electrons. The highest BCUT2D eigenvalue weighted by Crippen LogP contribution is 2.44. The Kier molecular flexibility index (Phi) is 8.16. The molecule has 4 rings (SSSR count). The summed E-state index contributed by atoms with van der Waals surface area (Å²) in [6.07, 6.45) is 0.698. The van der Waals surface area contributed by atoms with Gasteiger partial charge in [-0.1, -0.05) is 23.9 Å². The third-order valence-corrected chi connectivity index (χ3v) is 7.04. The molecule has 8 nitrogen and oxygen atoms in total. The number of carbonyl (C=O) groups is 1. The van der Waals surface area contributed by atoms with Crippen LogP contribution in [0, 0.1) is 17.1 Å².